The average molecular weight is 264 g/mol. The van der Waals surface area contributed by atoms with Gasteiger partial charge in [0.2, 0.25) is 5.78 Å². The van der Waals surface area contributed by atoms with Gasteiger partial charge in [0.25, 0.3) is 0 Å². The molecule has 1 aromatic carbocycles. The molecule has 0 amide bonds. The molecule has 0 radical (unpaired) electrons. The van der Waals surface area contributed by atoms with Crippen molar-refractivity contribution >= 4 is 11.8 Å². The van der Waals surface area contributed by atoms with Crippen molar-refractivity contribution in [2.24, 2.45) is 0 Å². The molecule has 0 aromatic heterocycles. The van der Waals surface area contributed by atoms with Crippen molar-refractivity contribution in [1.29, 1.82) is 0 Å². The van der Waals surface area contributed by atoms with Gasteiger partial charge in [0, 0.05) is 11.6 Å². The fraction of sp³-hybridized carbons (Fsp3) is 0.273. The molecule has 1 rings (SSSR count). The predicted molar refractivity (Wildman–Crippen MR) is 52.3 cm³/mol. The number of Topliss-reactive ketones (excluding diaryl/α,β-unsaturated/α-hetero) is 1. The highest BCUT2D eigenvalue weighted by molar-refractivity contribution is 6.13. The van der Waals surface area contributed by atoms with E-state index >= 15 is 0 Å². The zero-order chi connectivity index (χ0) is 13.9. The molecule has 3 nitrogen and oxygen atoms in total. The summed E-state index contributed by atoms with van der Waals surface area (Å²) >= 11 is 0. The second-order valence-corrected chi connectivity index (χ2v) is 3.28. The van der Waals surface area contributed by atoms with E-state index in [0.717, 1.165) is 0 Å². The van der Waals surface area contributed by atoms with Crippen molar-refractivity contribution in [2.45, 2.75) is 12.8 Å². The minimum absolute atomic E-state index is 0.348. The van der Waals surface area contributed by atoms with Gasteiger partial charge in [0.05, 0.1) is 6.61 Å². The molecular weight excluding hydrogens is 256 g/mol. The lowest BCUT2D eigenvalue weighted by Gasteiger charge is -2.13. The summed E-state index contributed by atoms with van der Waals surface area (Å²) in [5.41, 5.74) is -0.939. The van der Waals surface area contributed by atoms with Crippen LogP contribution < -0.4 is 0 Å². The maximum absolute atomic E-state index is 13.3. The minimum atomic E-state index is -4.48. The lowest BCUT2D eigenvalue weighted by atomic mass is 10.1. The van der Waals surface area contributed by atoms with Crippen molar-refractivity contribution in [3.05, 3.63) is 35.4 Å². The first-order chi connectivity index (χ1) is 8.28. The Bertz CT molecular complexity index is 465. The van der Waals surface area contributed by atoms with Crippen LogP contribution in [0.4, 0.5) is 17.6 Å². The summed E-state index contributed by atoms with van der Waals surface area (Å²) in [7, 11) is 0. The average Bonchev–Trinajstić information content (AvgIpc) is 2.26. The van der Waals surface area contributed by atoms with E-state index in [1.165, 1.54) is 6.92 Å². The monoisotopic (exact) mass is 264 g/mol. The van der Waals surface area contributed by atoms with Crippen molar-refractivity contribution in [2.75, 3.05) is 6.61 Å². The van der Waals surface area contributed by atoms with Crippen LogP contribution in [-0.4, -0.2) is 24.3 Å². The first-order valence-corrected chi connectivity index (χ1v) is 4.85. The number of hydrogen-bond donors (Lipinski definition) is 0. The van der Waals surface area contributed by atoms with Crippen LogP contribution in [0.1, 0.15) is 17.3 Å². The van der Waals surface area contributed by atoms with E-state index in [-0.39, 0.29) is 6.61 Å². The summed E-state index contributed by atoms with van der Waals surface area (Å²) < 4.78 is 56.1. The molecule has 98 valence electrons. The maximum Gasteiger partial charge on any atom is 0.404 e. The molecule has 0 bridgehead atoms. The van der Waals surface area contributed by atoms with Gasteiger partial charge >= 0.3 is 11.9 Å². The number of alkyl halides is 2. The first kappa shape index (κ1) is 14.1. The van der Waals surface area contributed by atoms with Gasteiger partial charge in [-0.1, -0.05) is 0 Å². The zero-order valence-electron chi connectivity index (χ0n) is 9.18. The standard InChI is InChI=1S/C11H8F4O3/c1-2-18-10(17)11(14,15)9(16)6-3-7(12)5-8(13)4-6/h3-5H,2H2,1H3. The molecule has 0 unspecified atom stereocenters. The third kappa shape index (κ3) is 2.85. The number of benzene rings is 1. The van der Waals surface area contributed by atoms with Crippen molar-refractivity contribution < 1.29 is 31.9 Å². The van der Waals surface area contributed by atoms with Crippen LogP contribution in [0.3, 0.4) is 0 Å². The quantitative estimate of drug-likeness (QED) is 0.363. The summed E-state index contributed by atoms with van der Waals surface area (Å²) in [5.74, 6) is -10.9. The molecule has 0 aliphatic heterocycles. The number of hydrogen-bond acceptors (Lipinski definition) is 3. The molecule has 1 aromatic rings. The molecule has 0 aliphatic rings. The third-order valence-corrected chi connectivity index (χ3v) is 1.94. The van der Waals surface area contributed by atoms with E-state index < -0.39 is 34.9 Å². The topological polar surface area (TPSA) is 43.4 Å². The summed E-state index contributed by atoms with van der Waals surface area (Å²) in [6.07, 6.45) is 0. The molecule has 0 spiro atoms. The number of esters is 1. The van der Waals surface area contributed by atoms with E-state index in [9.17, 15) is 27.2 Å². The second kappa shape index (κ2) is 5.16. The van der Waals surface area contributed by atoms with Crippen LogP contribution in [0.15, 0.2) is 18.2 Å². The fourth-order valence-corrected chi connectivity index (χ4v) is 1.18. The number of ketones is 1. The van der Waals surface area contributed by atoms with Crippen LogP contribution in [-0.2, 0) is 9.53 Å². The second-order valence-electron chi connectivity index (χ2n) is 3.28. The van der Waals surface area contributed by atoms with Crippen molar-refractivity contribution in [1.82, 2.24) is 0 Å². The van der Waals surface area contributed by atoms with Gasteiger partial charge in [-0.05, 0) is 19.1 Å². The number of ether oxygens (including phenoxy) is 1. The van der Waals surface area contributed by atoms with Gasteiger partial charge in [-0.15, -0.1) is 0 Å². The van der Waals surface area contributed by atoms with E-state index in [1.54, 1.807) is 0 Å². The molecule has 18 heavy (non-hydrogen) atoms. The van der Waals surface area contributed by atoms with Crippen LogP contribution >= 0.6 is 0 Å². The molecule has 0 atom stereocenters. The van der Waals surface area contributed by atoms with Crippen LogP contribution in [0.2, 0.25) is 0 Å². The fourth-order valence-electron chi connectivity index (χ4n) is 1.18. The molecule has 0 N–H and O–H groups in total. The van der Waals surface area contributed by atoms with E-state index in [0.29, 0.717) is 18.2 Å². The Morgan fingerprint density at radius 3 is 2.11 bits per heavy atom. The molecular formula is C11H8F4O3. The highest BCUT2D eigenvalue weighted by atomic mass is 19.3. The predicted octanol–water partition coefficient (Wildman–Crippen LogP) is 2.35. The van der Waals surface area contributed by atoms with E-state index in [4.69, 9.17) is 0 Å². The van der Waals surface area contributed by atoms with Crippen LogP contribution in [0, 0.1) is 11.6 Å². The summed E-state index contributed by atoms with van der Waals surface area (Å²) in [4.78, 5) is 22.2. The molecule has 0 fully saturated rings. The van der Waals surface area contributed by atoms with E-state index in [2.05, 4.69) is 4.74 Å². The van der Waals surface area contributed by atoms with Crippen LogP contribution in [0.5, 0.6) is 0 Å². The summed E-state index contributed by atoms with van der Waals surface area (Å²) in [6.45, 7) is 0.930. The molecule has 0 aliphatic carbocycles. The number of rotatable bonds is 4. The SMILES string of the molecule is CCOC(=O)C(F)(F)C(=O)c1cc(F)cc(F)c1. The van der Waals surface area contributed by atoms with Gasteiger partial charge in [-0.2, -0.15) is 8.78 Å². The number of halogens is 4. The Hall–Kier alpha value is -1.92. The molecule has 0 heterocycles. The lowest BCUT2D eigenvalue weighted by Crippen LogP contribution is -2.39. The first-order valence-electron chi connectivity index (χ1n) is 4.85. The highest BCUT2D eigenvalue weighted by Crippen LogP contribution is 2.23. The zero-order valence-corrected chi connectivity index (χ0v) is 9.18. The van der Waals surface area contributed by atoms with Gasteiger partial charge in [0.1, 0.15) is 11.6 Å². The highest BCUT2D eigenvalue weighted by Gasteiger charge is 2.49. The largest absolute Gasteiger partial charge is 0.461 e. The van der Waals surface area contributed by atoms with E-state index in [1.807, 2.05) is 0 Å². The summed E-state index contributed by atoms with van der Waals surface area (Å²) in [5, 5.41) is 0. The third-order valence-electron chi connectivity index (χ3n) is 1.94. The Morgan fingerprint density at radius 2 is 1.67 bits per heavy atom. The summed E-state index contributed by atoms with van der Waals surface area (Å²) in [6, 6.07) is 1.25. The van der Waals surface area contributed by atoms with Gasteiger partial charge in [0.15, 0.2) is 0 Å². The minimum Gasteiger partial charge on any atom is -0.461 e. The Balaban J connectivity index is 3.09. The van der Waals surface area contributed by atoms with Gasteiger partial charge in [-0.3, -0.25) is 4.79 Å². The van der Waals surface area contributed by atoms with Gasteiger partial charge in [-0.25, -0.2) is 13.6 Å². The smallest absolute Gasteiger partial charge is 0.404 e. The molecule has 0 saturated heterocycles. The molecule has 0 saturated carbocycles. The lowest BCUT2D eigenvalue weighted by molar-refractivity contribution is -0.164. The molecule has 7 heteroatoms. The number of carbonyl (C=O) groups is 2. The van der Waals surface area contributed by atoms with Crippen molar-refractivity contribution in [3.8, 4) is 0 Å². The van der Waals surface area contributed by atoms with Crippen molar-refractivity contribution in [3.63, 3.8) is 0 Å². The van der Waals surface area contributed by atoms with Gasteiger partial charge < -0.3 is 4.74 Å². The normalized spacial score (nSPS) is 11.2. The van der Waals surface area contributed by atoms with Crippen LogP contribution in [0.25, 0.3) is 0 Å². The Kier molecular flexibility index (Phi) is 4.05. The Labute approximate surface area is 99.4 Å². The number of carbonyl (C=O) groups excluding carboxylic acids is 2. The maximum atomic E-state index is 13.3. The Morgan fingerprint density at radius 1 is 1.17 bits per heavy atom.